The number of rotatable bonds is 3. The Morgan fingerprint density at radius 2 is 1.48 bits per heavy atom. The van der Waals surface area contributed by atoms with Gasteiger partial charge in [0.1, 0.15) is 11.9 Å². The van der Waals surface area contributed by atoms with Crippen molar-refractivity contribution in [2.75, 3.05) is 7.11 Å². The lowest BCUT2D eigenvalue weighted by atomic mass is 10.0. The molecule has 1 atom stereocenters. The minimum atomic E-state index is -2.29. The minimum Gasteiger partial charge on any atom is -0.495 e. The van der Waals surface area contributed by atoms with Gasteiger partial charge in [-0.3, -0.25) is 4.98 Å². The Bertz CT molecular complexity index is 663. The maximum Gasteiger partial charge on any atom is 0.200 e. The second-order valence-corrected chi connectivity index (χ2v) is 4.04. The van der Waals surface area contributed by atoms with Crippen LogP contribution in [0.15, 0.2) is 18.5 Å². The van der Waals surface area contributed by atoms with Crippen molar-refractivity contribution < 1.29 is 31.8 Å². The monoisotopic (exact) mass is 305 g/mol. The molecule has 0 spiro atoms. The summed E-state index contributed by atoms with van der Waals surface area (Å²) >= 11 is 0. The highest BCUT2D eigenvalue weighted by atomic mass is 19.2. The lowest BCUT2D eigenvalue weighted by Gasteiger charge is -2.15. The topological polar surface area (TPSA) is 42.4 Å². The molecular weight excluding hydrogens is 297 g/mol. The molecular formula is C13H8F5NO2. The zero-order valence-electron chi connectivity index (χ0n) is 10.5. The number of pyridine rings is 1. The fraction of sp³-hybridized carbons (Fsp3) is 0.154. The number of hydrogen-bond acceptors (Lipinski definition) is 3. The normalized spacial score (nSPS) is 12.3. The first-order valence-electron chi connectivity index (χ1n) is 5.56. The van der Waals surface area contributed by atoms with Crippen LogP contribution in [0.3, 0.4) is 0 Å². The van der Waals surface area contributed by atoms with Gasteiger partial charge in [-0.1, -0.05) is 0 Å². The molecule has 0 amide bonds. The molecule has 0 fully saturated rings. The van der Waals surface area contributed by atoms with Crippen molar-refractivity contribution in [3.05, 3.63) is 58.7 Å². The molecule has 1 N–H and O–H groups in total. The van der Waals surface area contributed by atoms with Crippen LogP contribution in [-0.4, -0.2) is 17.2 Å². The summed E-state index contributed by atoms with van der Waals surface area (Å²) in [5, 5.41) is 9.88. The van der Waals surface area contributed by atoms with Crippen LogP contribution in [-0.2, 0) is 0 Å². The standard InChI is InChI=1S/C13H8F5NO2/c1-21-6-2-5(3-19-4-6)13(20)7-8(14)10(16)12(18)11(17)9(7)15/h2-4,13,20H,1H3. The highest BCUT2D eigenvalue weighted by molar-refractivity contribution is 5.35. The number of hydrogen-bond donors (Lipinski definition) is 1. The van der Waals surface area contributed by atoms with Crippen molar-refractivity contribution in [2.24, 2.45) is 0 Å². The number of aromatic nitrogens is 1. The Morgan fingerprint density at radius 3 is 2.00 bits per heavy atom. The van der Waals surface area contributed by atoms with E-state index in [0.717, 1.165) is 12.3 Å². The first kappa shape index (κ1) is 15.2. The zero-order chi connectivity index (χ0) is 15.7. The number of aliphatic hydroxyl groups excluding tert-OH is 1. The van der Waals surface area contributed by atoms with Gasteiger partial charge in [-0.15, -0.1) is 0 Å². The van der Waals surface area contributed by atoms with Crippen molar-refractivity contribution >= 4 is 0 Å². The Hall–Kier alpha value is -2.22. The van der Waals surface area contributed by atoms with E-state index in [9.17, 15) is 27.1 Å². The third-order valence-corrected chi connectivity index (χ3v) is 2.80. The number of halogens is 5. The van der Waals surface area contributed by atoms with Crippen LogP contribution in [0.4, 0.5) is 22.0 Å². The first-order chi connectivity index (χ1) is 9.88. The van der Waals surface area contributed by atoms with Gasteiger partial charge >= 0.3 is 0 Å². The summed E-state index contributed by atoms with van der Waals surface area (Å²) in [6.07, 6.45) is 0.178. The fourth-order valence-corrected chi connectivity index (χ4v) is 1.73. The van der Waals surface area contributed by atoms with E-state index in [1.165, 1.54) is 13.3 Å². The van der Waals surface area contributed by atoms with Crippen LogP contribution >= 0.6 is 0 Å². The largest absolute Gasteiger partial charge is 0.495 e. The van der Waals surface area contributed by atoms with Gasteiger partial charge in [-0.25, -0.2) is 22.0 Å². The Labute approximate surface area is 115 Å². The van der Waals surface area contributed by atoms with Crippen molar-refractivity contribution in [1.82, 2.24) is 4.98 Å². The Morgan fingerprint density at radius 1 is 0.952 bits per heavy atom. The van der Waals surface area contributed by atoms with Gasteiger partial charge in [0.05, 0.1) is 18.9 Å². The van der Waals surface area contributed by atoms with Gasteiger partial charge in [0.15, 0.2) is 23.3 Å². The van der Waals surface area contributed by atoms with E-state index >= 15 is 0 Å². The third-order valence-electron chi connectivity index (χ3n) is 2.80. The number of ether oxygens (including phenoxy) is 1. The molecule has 2 rings (SSSR count). The molecule has 0 aliphatic carbocycles. The van der Waals surface area contributed by atoms with E-state index in [-0.39, 0.29) is 11.3 Å². The highest BCUT2D eigenvalue weighted by Gasteiger charge is 2.30. The van der Waals surface area contributed by atoms with Gasteiger partial charge in [0, 0.05) is 11.8 Å². The molecule has 8 heteroatoms. The summed E-state index contributed by atoms with van der Waals surface area (Å²) in [6, 6.07) is 1.16. The van der Waals surface area contributed by atoms with E-state index in [1.807, 2.05) is 0 Å². The van der Waals surface area contributed by atoms with E-state index in [0.29, 0.717) is 0 Å². The minimum absolute atomic E-state index is 0.149. The molecule has 1 aromatic carbocycles. The van der Waals surface area contributed by atoms with Crippen LogP contribution in [0.2, 0.25) is 0 Å². The highest BCUT2D eigenvalue weighted by Crippen LogP contribution is 2.32. The molecule has 0 saturated heterocycles. The molecule has 0 radical (unpaired) electrons. The molecule has 112 valence electrons. The lowest BCUT2D eigenvalue weighted by Crippen LogP contribution is -2.12. The Balaban J connectivity index is 2.60. The maximum atomic E-state index is 13.6. The van der Waals surface area contributed by atoms with Crippen LogP contribution in [0.25, 0.3) is 0 Å². The van der Waals surface area contributed by atoms with Crippen molar-refractivity contribution in [3.63, 3.8) is 0 Å². The summed E-state index contributed by atoms with van der Waals surface area (Å²) in [4.78, 5) is 3.63. The second kappa shape index (κ2) is 5.65. The lowest BCUT2D eigenvalue weighted by molar-refractivity contribution is 0.202. The molecule has 0 saturated carbocycles. The molecule has 21 heavy (non-hydrogen) atoms. The number of methoxy groups -OCH3 is 1. The second-order valence-electron chi connectivity index (χ2n) is 4.04. The molecule has 0 bridgehead atoms. The van der Waals surface area contributed by atoms with Crippen molar-refractivity contribution in [2.45, 2.75) is 6.10 Å². The quantitative estimate of drug-likeness (QED) is 0.539. The first-order valence-corrected chi connectivity index (χ1v) is 5.56. The van der Waals surface area contributed by atoms with E-state index in [2.05, 4.69) is 4.98 Å². The molecule has 1 unspecified atom stereocenters. The van der Waals surface area contributed by atoms with Crippen LogP contribution in [0.1, 0.15) is 17.2 Å². The molecule has 0 aliphatic rings. The molecule has 2 aromatic rings. The van der Waals surface area contributed by atoms with E-state index < -0.39 is 40.8 Å². The number of aliphatic hydroxyl groups is 1. The SMILES string of the molecule is COc1cncc(C(O)c2c(F)c(F)c(F)c(F)c2F)c1. The smallest absolute Gasteiger partial charge is 0.200 e. The summed E-state index contributed by atoms with van der Waals surface area (Å²) in [5.41, 5.74) is -1.53. The van der Waals surface area contributed by atoms with E-state index in [1.54, 1.807) is 0 Å². The van der Waals surface area contributed by atoms with Crippen LogP contribution < -0.4 is 4.74 Å². The van der Waals surface area contributed by atoms with Crippen molar-refractivity contribution in [1.29, 1.82) is 0 Å². The van der Waals surface area contributed by atoms with E-state index in [4.69, 9.17) is 4.74 Å². The maximum absolute atomic E-state index is 13.6. The summed E-state index contributed by atoms with van der Waals surface area (Å²) < 4.78 is 71.1. The third kappa shape index (κ3) is 2.54. The number of nitrogens with zero attached hydrogens (tertiary/aromatic N) is 1. The van der Waals surface area contributed by atoms with Crippen LogP contribution in [0, 0.1) is 29.1 Å². The average Bonchev–Trinajstić information content (AvgIpc) is 2.51. The molecule has 0 aliphatic heterocycles. The average molecular weight is 305 g/mol. The zero-order valence-corrected chi connectivity index (χ0v) is 10.5. The number of benzene rings is 1. The van der Waals surface area contributed by atoms with Gasteiger partial charge in [0.2, 0.25) is 5.82 Å². The van der Waals surface area contributed by atoms with Crippen molar-refractivity contribution in [3.8, 4) is 5.75 Å². The predicted molar refractivity (Wildman–Crippen MR) is 61.1 cm³/mol. The van der Waals surface area contributed by atoms with Gasteiger partial charge in [0.25, 0.3) is 0 Å². The molecule has 3 nitrogen and oxygen atoms in total. The Kier molecular flexibility index (Phi) is 4.08. The molecule has 1 aromatic heterocycles. The molecule has 1 heterocycles. The fourth-order valence-electron chi connectivity index (χ4n) is 1.73. The van der Waals surface area contributed by atoms with Gasteiger partial charge in [-0.2, -0.15) is 0 Å². The summed E-state index contributed by atoms with van der Waals surface area (Å²) in [5.74, 6) is -10.6. The summed E-state index contributed by atoms with van der Waals surface area (Å²) in [7, 11) is 1.28. The predicted octanol–water partition coefficient (Wildman–Crippen LogP) is 2.87. The van der Waals surface area contributed by atoms with Gasteiger partial charge in [-0.05, 0) is 6.07 Å². The van der Waals surface area contributed by atoms with Crippen LogP contribution in [0.5, 0.6) is 5.75 Å². The van der Waals surface area contributed by atoms with Gasteiger partial charge < -0.3 is 9.84 Å². The summed E-state index contributed by atoms with van der Waals surface area (Å²) in [6.45, 7) is 0.